The van der Waals surface area contributed by atoms with Crippen LogP contribution in [-0.2, 0) is 0 Å². The Kier molecular flexibility index (Phi) is 3.84. The third-order valence-electron chi connectivity index (χ3n) is 1.92. The van der Waals surface area contributed by atoms with Gasteiger partial charge in [0, 0.05) is 5.56 Å². The van der Waals surface area contributed by atoms with Gasteiger partial charge in [0.25, 0.3) is 0 Å². The van der Waals surface area contributed by atoms with E-state index in [1.165, 1.54) is 19.1 Å². The van der Waals surface area contributed by atoms with Crippen molar-refractivity contribution in [3.63, 3.8) is 0 Å². The molecule has 1 rings (SSSR count). The van der Waals surface area contributed by atoms with E-state index in [9.17, 15) is 14.9 Å². The molecule has 0 atom stereocenters. The van der Waals surface area contributed by atoms with Crippen molar-refractivity contribution in [2.24, 2.45) is 0 Å². The fourth-order valence-electron chi connectivity index (χ4n) is 1.22. The average molecular weight is 244 g/mol. The molecular formula is C10H10ClNO4. The Morgan fingerprint density at radius 2 is 2.19 bits per heavy atom. The van der Waals surface area contributed by atoms with Gasteiger partial charge in [-0.05, 0) is 26.0 Å². The van der Waals surface area contributed by atoms with Crippen molar-refractivity contribution in [3.8, 4) is 5.75 Å². The summed E-state index contributed by atoms with van der Waals surface area (Å²) >= 11 is 5.74. The first-order chi connectivity index (χ1) is 7.47. The Balaban J connectivity index is 3.38. The van der Waals surface area contributed by atoms with Gasteiger partial charge in [-0.1, -0.05) is 11.6 Å². The quantitative estimate of drug-likeness (QED) is 0.463. The second-order valence-corrected chi connectivity index (χ2v) is 3.46. The molecule has 0 bridgehead atoms. The van der Waals surface area contributed by atoms with Gasteiger partial charge < -0.3 is 4.74 Å². The van der Waals surface area contributed by atoms with E-state index < -0.39 is 4.92 Å². The molecule has 86 valence electrons. The molecule has 0 aliphatic heterocycles. The highest BCUT2D eigenvalue weighted by molar-refractivity contribution is 6.33. The lowest BCUT2D eigenvalue weighted by molar-refractivity contribution is -0.385. The van der Waals surface area contributed by atoms with Gasteiger partial charge in [0.05, 0.1) is 11.5 Å². The molecule has 0 saturated heterocycles. The van der Waals surface area contributed by atoms with E-state index in [0.29, 0.717) is 5.56 Å². The Labute approximate surface area is 97.1 Å². The van der Waals surface area contributed by atoms with Crippen molar-refractivity contribution in [3.05, 3.63) is 32.8 Å². The highest BCUT2D eigenvalue weighted by Gasteiger charge is 2.22. The molecule has 16 heavy (non-hydrogen) atoms. The van der Waals surface area contributed by atoms with Crippen LogP contribution in [0, 0.1) is 10.1 Å². The van der Waals surface area contributed by atoms with E-state index in [2.05, 4.69) is 0 Å². The fourth-order valence-corrected chi connectivity index (χ4v) is 1.50. The Morgan fingerprint density at radius 1 is 1.56 bits per heavy atom. The predicted molar refractivity (Wildman–Crippen MR) is 59.3 cm³/mol. The number of hydrogen-bond donors (Lipinski definition) is 0. The summed E-state index contributed by atoms with van der Waals surface area (Å²) in [6, 6.07) is 2.60. The molecule has 0 unspecified atom stereocenters. The molecule has 0 radical (unpaired) electrons. The summed E-state index contributed by atoms with van der Waals surface area (Å²) in [4.78, 5) is 21.3. The van der Waals surface area contributed by atoms with Gasteiger partial charge in [-0.25, -0.2) is 0 Å². The molecule has 0 saturated carbocycles. The summed E-state index contributed by atoms with van der Waals surface area (Å²) in [5.41, 5.74) is -0.0208. The van der Waals surface area contributed by atoms with Crippen molar-refractivity contribution in [1.29, 1.82) is 0 Å². The number of hydrogen-bond acceptors (Lipinski definition) is 4. The predicted octanol–water partition coefficient (Wildman–Crippen LogP) is 2.85. The second kappa shape index (κ2) is 4.94. The van der Waals surface area contributed by atoms with Gasteiger partial charge in [-0.3, -0.25) is 14.9 Å². The highest BCUT2D eigenvalue weighted by Crippen LogP contribution is 2.36. The number of Topliss-reactive ketones (excluding diaryl/α,β-unsaturated/α-hetero) is 1. The van der Waals surface area contributed by atoms with E-state index in [4.69, 9.17) is 16.3 Å². The lowest BCUT2D eigenvalue weighted by Crippen LogP contribution is -2.01. The minimum Gasteiger partial charge on any atom is -0.487 e. The zero-order valence-corrected chi connectivity index (χ0v) is 9.58. The van der Waals surface area contributed by atoms with Gasteiger partial charge in [0.2, 0.25) is 0 Å². The number of nitro groups is 1. The molecule has 1 aromatic rings. The lowest BCUT2D eigenvalue weighted by atomic mass is 10.1. The summed E-state index contributed by atoms with van der Waals surface area (Å²) in [5.74, 6) is -0.206. The summed E-state index contributed by atoms with van der Waals surface area (Å²) in [6.45, 7) is 3.31. The van der Waals surface area contributed by atoms with Gasteiger partial charge in [0.1, 0.15) is 5.02 Å². The fraction of sp³-hybridized carbons (Fsp3) is 0.300. The smallest absolute Gasteiger partial charge is 0.329 e. The van der Waals surface area contributed by atoms with E-state index in [0.717, 1.165) is 0 Å². The van der Waals surface area contributed by atoms with E-state index in [-0.39, 0.29) is 28.8 Å². The zero-order valence-electron chi connectivity index (χ0n) is 8.82. The molecular weight excluding hydrogens is 234 g/mol. The average Bonchev–Trinajstić information content (AvgIpc) is 2.16. The van der Waals surface area contributed by atoms with E-state index in [1.54, 1.807) is 6.92 Å². The molecule has 0 spiro atoms. The summed E-state index contributed by atoms with van der Waals surface area (Å²) in [7, 11) is 0. The number of halogens is 1. The maximum Gasteiger partial charge on any atom is 0.329 e. The van der Waals surface area contributed by atoms with Crippen LogP contribution < -0.4 is 4.74 Å². The number of benzene rings is 1. The molecule has 0 fully saturated rings. The van der Waals surface area contributed by atoms with Crippen molar-refractivity contribution < 1.29 is 14.5 Å². The number of rotatable bonds is 4. The van der Waals surface area contributed by atoms with Gasteiger partial charge in [-0.2, -0.15) is 0 Å². The Hall–Kier alpha value is -1.62. The van der Waals surface area contributed by atoms with Crippen LogP contribution in [0.15, 0.2) is 12.1 Å². The number of carbonyl (C=O) groups is 1. The largest absolute Gasteiger partial charge is 0.487 e. The first-order valence-corrected chi connectivity index (χ1v) is 4.96. The van der Waals surface area contributed by atoms with Crippen molar-refractivity contribution in [1.82, 2.24) is 0 Å². The molecule has 1 aromatic carbocycles. The SMILES string of the molecule is CCOc1cc(C(C)=O)cc(Cl)c1[N+](=O)[O-]. The van der Waals surface area contributed by atoms with Crippen molar-refractivity contribution in [2.45, 2.75) is 13.8 Å². The molecule has 0 aliphatic rings. The molecule has 0 aliphatic carbocycles. The van der Waals surface area contributed by atoms with Crippen LogP contribution in [0.3, 0.4) is 0 Å². The number of ether oxygens (including phenoxy) is 1. The Bertz CT molecular complexity index is 445. The second-order valence-electron chi connectivity index (χ2n) is 3.05. The van der Waals surface area contributed by atoms with Crippen LogP contribution >= 0.6 is 11.6 Å². The summed E-state index contributed by atoms with van der Waals surface area (Å²) in [5, 5.41) is 10.7. The highest BCUT2D eigenvalue weighted by atomic mass is 35.5. The van der Waals surface area contributed by atoms with Crippen molar-refractivity contribution in [2.75, 3.05) is 6.61 Å². The molecule has 5 nitrogen and oxygen atoms in total. The molecule has 0 aromatic heterocycles. The van der Waals surface area contributed by atoms with Gasteiger partial charge >= 0.3 is 5.69 Å². The van der Waals surface area contributed by atoms with Crippen molar-refractivity contribution >= 4 is 23.1 Å². The van der Waals surface area contributed by atoms with Crippen LogP contribution in [0.2, 0.25) is 5.02 Å². The van der Waals surface area contributed by atoms with Gasteiger partial charge in [-0.15, -0.1) is 0 Å². The van der Waals surface area contributed by atoms with E-state index >= 15 is 0 Å². The topological polar surface area (TPSA) is 69.4 Å². The first kappa shape index (κ1) is 12.4. The van der Waals surface area contributed by atoms with Crippen LogP contribution in [0.1, 0.15) is 24.2 Å². The Morgan fingerprint density at radius 3 is 2.62 bits per heavy atom. The van der Waals surface area contributed by atoms with Gasteiger partial charge in [0.15, 0.2) is 11.5 Å². The van der Waals surface area contributed by atoms with Crippen LogP contribution in [0.5, 0.6) is 5.75 Å². The number of nitrogens with zero attached hydrogens (tertiary/aromatic N) is 1. The maximum atomic E-state index is 11.2. The zero-order chi connectivity index (χ0) is 12.3. The maximum absolute atomic E-state index is 11.2. The van der Waals surface area contributed by atoms with Crippen LogP contribution in [0.25, 0.3) is 0 Å². The summed E-state index contributed by atoms with van der Waals surface area (Å²) < 4.78 is 5.09. The third kappa shape index (κ3) is 2.49. The number of ketones is 1. The van der Waals surface area contributed by atoms with Crippen LogP contribution in [-0.4, -0.2) is 17.3 Å². The number of carbonyl (C=O) groups excluding carboxylic acids is 1. The van der Waals surface area contributed by atoms with Crippen LogP contribution in [0.4, 0.5) is 5.69 Å². The first-order valence-electron chi connectivity index (χ1n) is 4.59. The molecule has 0 heterocycles. The minimum absolute atomic E-state index is 0.0187. The number of nitro benzene ring substituents is 1. The molecule has 0 N–H and O–H groups in total. The minimum atomic E-state index is -0.628. The normalized spacial score (nSPS) is 9.94. The molecule has 6 heteroatoms. The molecule has 0 amide bonds. The lowest BCUT2D eigenvalue weighted by Gasteiger charge is -2.07. The summed E-state index contributed by atoms with van der Waals surface area (Å²) in [6.07, 6.45) is 0. The monoisotopic (exact) mass is 243 g/mol. The third-order valence-corrected chi connectivity index (χ3v) is 2.21. The van der Waals surface area contributed by atoms with E-state index in [1.807, 2.05) is 0 Å². The standard InChI is InChI=1S/C10H10ClNO4/c1-3-16-9-5-7(6(2)13)4-8(11)10(9)12(14)15/h4-5H,3H2,1-2H3.